The number of hydrogen-bond donors (Lipinski definition) is 0. The van der Waals surface area contributed by atoms with Crippen molar-refractivity contribution in [1.82, 2.24) is 9.55 Å². The normalized spacial score (nSPS) is 12.1. The second-order valence-electron chi connectivity index (χ2n) is 6.17. The van der Waals surface area contributed by atoms with Crippen molar-refractivity contribution in [3.8, 4) is 0 Å². The van der Waals surface area contributed by atoms with Crippen LogP contribution in [0.3, 0.4) is 0 Å². The maximum Gasteiger partial charge on any atom is 0.324 e. The van der Waals surface area contributed by atoms with E-state index in [2.05, 4.69) is 4.98 Å². The van der Waals surface area contributed by atoms with Gasteiger partial charge in [0.15, 0.2) is 5.16 Å². The number of carbonyl (C=O) groups excluding carboxylic acids is 1. The van der Waals surface area contributed by atoms with Gasteiger partial charge in [-0.15, -0.1) is 0 Å². The molecule has 3 aromatic rings. The minimum absolute atomic E-state index is 0.137. The molecule has 0 aliphatic rings. The average Bonchev–Trinajstić information content (AvgIpc) is 2.69. The first kappa shape index (κ1) is 20.4. The largest absolute Gasteiger partial charge is 0.465 e. The van der Waals surface area contributed by atoms with Gasteiger partial charge in [0.05, 0.1) is 17.5 Å². The molecule has 0 bridgehead atoms. The van der Waals surface area contributed by atoms with E-state index < -0.39 is 5.25 Å². The maximum absolute atomic E-state index is 13.0. The molecular weight excluding hydrogens is 396 g/mol. The molecule has 0 spiro atoms. The molecule has 28 heavy (non-hydrogen) atoms. The van der Waals surface area contributed by atoms with Crippen LogP contribution in [0, 0.1) is 0 Å². The summed E-state index contributed by atoms with van der Waals surface area (Å²) in [7, 11) is 0. The summed E-state index contributed by atoms with van der Waals surface area (Å²) in [5.41, 5.74) is 1.18. The number of carbonyl (C=O) groups is 1. The SMILES string of the molecule is CCCn1c(S[C@H](C(=O)OCC)c2ccccc2)nc2cc(Cl)ccc2c1=O. The maximum atomic E-state index is 13.0. The summed E-state index contributed by atoms with van der Waals surface area (Å²) >= 11 is 7.31. The minimum Gasteiger partial charge on any atom is -0.465 e. The van der Waals surface area contributed by atoms with Crippen LogP contribution in [0.1, 0.15) is 31.1 Å². The van der Waals surface area contributed by atoms with Crippen molar-refractivity contribution < 1.29 is 9.53 Å². The highest BCUT2D eigenvalue weighted by molar-refractivity contribution is 8.00. The molecular formula is C21H21ClN2O3S. The van der Waals surface area contributed by atoms with Gasteiger partial charge in [-0.1, -0.05) is 60.6 Å². The van der Waals surface area contributed by atoms with E-state index in [1.165, 1.54) is 11.8 Å². The lowest BCUT2D eigenvalue weighted by molar-refractivity contribution is -0.142. The third kappa shape index (κ3) is 4.39. The third-order valence-corrected chi connectivity index (χ3v) is 5.61. The number of fused-ring (bicyclic) bond motifs is 1. The van der Waals surface area contributed by atoms with E-state index in [0.717, 1.165) is 12.0 Å². The Bertz CT molecular complexity index is 1040. The summed E-state index contributed by atoms with van der Waals surface area (Å²) in [6.45, 7) is 4.56. The number of rotatable bonds is 7. The molecule has 3 rings (SSSR count). The van der Waals surface area contributed by atoms with Crippen molar-refractivity contribution in [2.24, 2.45) is 0 Å². The highest BCUT2D eigenvalue weighted by Crippen LogP contribution is 2.35. The van der Waals surface area contributed by atoms with Crippen LogP contribution in [-0.2, 0) is 16.1 Å². The molecule has 0 aliphatic carbocycles. The molecule has 1 atom stereocenters. The summed E-state index contributed by atoms with van der Waals surface area (Å²) in [5.74, 6) is -0.359. The van der Waals surface area contributed by atoms with Gasteiger partial charge in [-0.25, -0.2) is 4.98 Å². The lowest BCUT2D eigenvalue weighted by Crippen LogP contribution is -2.24. The van der Waals surface area contributed by atoms with Crippen LogP contribution in [0.4, 0.5) is 0 Å². The van der Waals surface area contributed by atoms with E-state index in [0.29, 0.717) is 27.6 Å². The Morgan fingerprint density at radius 1 is 1.21 bits per heavy atom. The molecule has 0 radical (unpaired) electrons. The predicted molar refractivity (Wildman–Crippen MR) is 113 cm³/mol. The predicted octanol–water partition coefficient (Wildman–Crippen LogP) is 4.86. The standard InChI is InChI=1S/C21H21ClN2O3S/c1-3-12-24-19(25)16-11-10-15(22)13-17(16)23-21(24)28-18(20(26)27-4-2)14-8-6-5-7-9-14/h5-11,13,18H,3-4,12H2,1-2H3/t18-/m0/s1. The summed E-state index contributed by atoms with van der Waals surface area (Å²) in [5, 5.41) is 0.875. The number of esters is 1. The summed E-state index contributed by atoms with van der Waals surface area (Å²) < 4.78 is 6.89. The molecule has 7 heteroatoms. The topological polar surface area (TPSA) is 61.2 Å². The van der Waals surface area contributed by atoms with Crippen molar-refractivity contribution in [3.05, 3.63) is 69.5 Å². The third-order valence-electron chi connectivity index (χ3n) is 4.16. The molecule has 0 fully saturated rings. The number of nitrogens with zero attached hydrogens (tertiary/aromatic N) is 2. The van der Waals surface area contributed by atoms with Crippen LogP contribution >= 0.6 is 23.4 Å². The molecule has 0 amide bonds. The Balaban J connectivity index is 2.12. The van der Waals surface area contributed by atoms with Crippen molar-refractivity contribution in [1.29, 1.82) is 0 Å². The van der Waals surface area contributed by atoms with Crippen LogP contribution in [0.25, 0.3) is 10.9 Å². The zero-order valence-corrected chi connectivity index (χ0v) is 17.3. The first-order valence-electron chi connectivity index (χ1n) is 9.13. The smallest absolute Gasteiger partial charge is 0.324 e. The quantitative estimate of drug-likeness (QED) is 0.313. The number of aromatic nitrogens is 2. The van der Waals surface area contributed by atoms with Crippen molar-refractivity contribution in [3.63, 3.8) is 0 Å². The molecule has 1 aromatic heterocycles. The zero-order chi connectivity index (χ0) is 20.1. The van der Waals surface area contributed by atoms with Gasteiger partial charge in [0.2, 0.25) is 0 Å². The Kier molecular flexibility index (Phi) is 6.75. The second-order valence-corrected chi connectivity index (χ2v) is 7.68. The molecule has 146 valence electrons. The van der Waals surface area contributed by atoms with Gasteiger partial charge in [-0.2, -0.15) is 0 Å². The van der Waals surface area contributed by atoms with E-state index in [9.17, 15) is 9.59 Å². The molecule has 5 nitrogen and oxygen atoms in total. The first-order valence-corrected chi connectivity index (χ1v) is 10.4. The van der Waals surface area contributed by atoms with Gasteiger partial charge in [0.1, 0.15) is 5.25 Å². The Morgan fingerprint density at radius 2 is 1.96 bits per heavy atom. The number of halogens is 1. The summed E-state index contributed by atoms with van der Waals surface area (Å²) in [4.78, 5) is 30.3. The van der Waals surface area contributed by atoms with Crippen LogP contribution in [0.15, 0.2) is 58.5 Å². The van der Waals surface area contributed by atoms with E-state index in [4.69, 9.17) is 16.3 Å². The van der Waals surface area contributed by atoms with Crippen molar-refractivity contribution in [2.75, 3.05) is 6.61 Å². The van der Waals surface area contributed by atoms with Crippen LogP contribution in [0.5, 0.6) is 0 Å². The molecule has 0 saturated heterocycles. The van der Waals surface area contributed by atoms with Gasteiger partial charge >= 0.3 is 5.97 Å². The van der Waals surface area contributed by atoms with Crippen molar-refractivity contribution in [2.45, 2.75) is 37.2 Å². The lowest BCUT2D eigenvalue weighted by atomic mass is 10.1. The highest BCUT2D eigenvalue weighted by atomic mass is 35.5. The summed E-state index contributed by atoms with van der Waals surface area (Å²) in [6.07, 6.45) is 0.768. The lowest BCUT2D eigenvalue weighted by Gasteiger charge is -2.18. The highest BCUT2D eigenvalue weighted by Gasteiger charge is 2.26. The number of thioether (sulfide) groups is 1. The van der Waals surface area contributed by atoms with E-state index in [-0.39, 0.29) is 18.1 Å². The molecule has 1 heterocycles. The molecule has 0 unspecified atom stereocenters. The van der Waals surface area contributed by atoms with Gasteiger partial charge in [-0.05, 0) is 37.1 Å². The first-order chi connectivity index (χ1) is 13.5. The van der Waals surface area contributed by atoms with E-state index in [1.54, 1.807) is 29.7 Å². The number of ether oxygens (including phenoxy) is 1. The van der Waals surface area contributed by atoms with Crippen LogP contribution < -0.4 is 5.56 Å². The monoisotopic (exact) mass is 416 g/mol. The van der Waals surface area contributed by atoms with E-state index in [1.807, 2.05) is 37.3 Å². The zero-order valence-electron chi connectivity index (χ0n) is 15.7. The number of hydrogen-bond acceptors (Lipinski definition) is 5. The average molecular weight is 417 g/mol. The number of benzene rings is 2. The fraction of sp³-hybridized carbons (Fsp3) is 0.286. The Labute approximate surface area is 172 Å². The summed E-state index contributed by atoms with van der Waals surface area (Å²) in [6, 6.07) is 14.4. The fourth-order valence-electron chi connectivity index (χ4n) is 2.89. The molecule has 0 N–H and O–H groups in total. The second kappa shape index (κ2) is 9.26. The van der Waals surface area contributed by atoms with Crippen LogP contribution in [0.2, 0.25) is 5.02 Å². The van der Waals surface area contributed by atoms with Gasteiger partial charge in [0.25, 0.3) is 5.56 Å². The minimum atomic E-state index is -0.618. The molecule has 0 aliphatic heterocycles. The molecule has 0 saturated carbocycles. The van der Waals surface area contributed by atoms with Gasteiger partial charge < -0.3 is 4.74 Å². The van der Waals surface area contributed by atoms with Crippen LogP contribution in [-0.4, -0.2) is 22.1 Å². The van der Waals surface area contributed by atoms with Gasteiger partial charge in [-0.3, -0.25) is 14.2 Å². The van der Waals surface area contributed by atoms with Crippen molar-refractivity contribution >= 4 is 40.2 Å². The Hall–Kier alpha value is -2.31. The Morgan fingerprint density at radius 3 is 2.64 bits per heavy atom. The van der Waals surface area contributed by atoms with E-state index >= 15 is 0 Å². The molecule has 2 aromatic carbocycles. The fourth-order valence-corrected chi connectivity index (χ4v) is 4.18. The van der Waals surface area contributed by atoms with Gasteiger partial charge in [0, 0.05) is 11.6 Å².